The van der Waals surface area contributed by atoms with Crippen LogP contribution in [0.1, 0.15) is 32.3 Å². The lowest BCUT2D eigenvalue weighted by molar-refractivity contribution is 0.269. The molecule has 0 aromatic heterocycles. The molecule has 3 nitrogen and oxygen atoms in total. The summed E-state index contributed by atoms with van der Waals surface area (Å²) < 4.78 is 10.7. The molecule has 1 aliphatic heterocycles. The summed E-state index contributed by atoms with van der Waals surface area (Å²) in [5.41, 5.74) is 1.36. The molecule has 4 heteroatoms. The van der Waals surface area contributed by atoms with Crippen molar-refractivity contribution in [1.29, 1.82) is 0 Å². The molecule has 1 N–H and O–H groups in total. The summed E-state index contributed by atoms with van der Waals surface area (Å²) in [6.07, 6.45) is 3.40. The van der Waals surface area contributed by atoms with E-state index >= 15 is 0 Å². The number of halogens is 1. The molecule has 1 fully saturated rings. The maximum Gasteiger partial charge on any atom is 0.179 e. The number of hydrogen-bond donors (Lipinski definition) is 1. The van der Waals surface area contributed by atoms with E-state index in [2.05, 4.69) is 19.2 Å². The van der Waals surface area contributed by atoms with Gasteiger partial charge in [0.15, 0.2) is 11.5 Å². The third-order valence-corrected chi connectivity index (χ3v) is 4.68. The minimum atomic E-state index is 0.170. The van der Waals surface area contributed by atoms with E-state index in [0.29, 0.717) is 22.4 Å². The van der Waals surface area contributed by atoms with Crippen LogP contribution in [0.25, 0.3) is 0 Å². The highest BCUT2D eigenvalue weighted by atomic mass is 35.5. The Morgan fingerprint density at radius 2 is 2.05 bits per heavy atom. The van der Waals surface area contributed by atoms with Crippen LogP contribution >= 0.6 is 11.6 Å². The van der Waals surface area contributed by atoms with Crippen molar-refractivity contribution < 1.29 is 9.47 Å². The number of nitrogens with one attached hydrogen (secondary N) is 1. The Morgan fingerprint density at radius 1 is 1.30 bits per heavy atom. The van der Waals surface area contributed by atoms with Gasteiger partial charge in [0.1, 0.15) is 0 Å². The maximum absolute atomic E-state index is 6.30. The van der Waals surface area contributed by atoms with Crippen LogP contribution in [0.3, 0.4) is 0 Å². The van der Waals surface area contributed by atoms with E-state index in [-0.39, 0.29) is 5.54 Å². The molecule has 0 spiro atoms. The maximum atomic E-state index is 6.30. The van der Waals surface area contributed by atoms with Gasteiger partial charge in [-0.25, -0.2) is 0 Å². The quantitative estimate of drug-likeness (QED) is 0.899. The molecule has 20 heavy (non-hydrogen) atoms. The number of hydrogen-bond acceptors (Lipinski definition) is 3. The van der Waals surface area contributed by atoms with Crippen molar-refractivity contribution >= 4 is 11.6 Å². The SMILES string of the molecule is COc1cc(CC2(C(C)C)CCCN2)cc(Cl)c1OC. The highest BCUT2D eigenvalue weighted by Gasteiger charge is 2.36. The predicted octanol–water partition coefficient (Wildman–Crippen LogP) is 3.68. The Morgan fingerprint density at radius 3 is 2.55 bits per heavy atom. The van der Waals surface area contributed by atoms with Gasteiger partial charge in [-0.15, -0.1) is 0 Å². The van der Waals surface area contributed by atoms with E-state index in [9.17, 15) is 0 Å². The van der Waals surface area contributed by atoms with Crippen LogP contribution in [-0.2, 0) is 6.42 Å². The summed E-state index contributed by atoms with van der Waals surface area (Å²) in [5.74, 6) is 1.89. The first-order chi connectivity index (χ1) is 9.52. The fourth-order valence-electron chi connectivity index (χ4n) is 3.12. The third-order valence-electron chi connectivity index (χ3n) is 4.39. The lowest BCUT2D eigenvalue weighted by atomic mass is 9.80. The average molecular weight is 298 g/mol. The molecular formula is C16H24ClNO2. The summed E-state index contributed by atoms with van der Waals surface area (Å²) >= 11 is 6.30. The Balaban J connectivity index is 2.31. The fourth-order valence-corrected chi connectivity index (χ4v) is 3.43. The zero-order valence-corrected chi connectivity index (χ0v) is 13.5. The van der Waals surface area contributed by atoms with Crippen LogP contribution in [-0.4, -0.2) is 26.3 Å². The monoisotopic (exact) mass is 297 g/mol. The predicted molar refractivity (Wildman–Crippen MR) is 83.1 cm³/mol. The van der Waals surface area contributed by atoms with Crippen LogP contribution in [0.5, 0.6) is 11.5 Å². The highest BCUT2D eigenvalue weighted by molar-refractivity contribution is 6.32. The smallest absolute Gasteiger partial charge is 0.179 e. The Kier molecular flexibility index (Phi) is 4.82. The lowest BCUT2D eigenvalue weighted by Gasteiger charge is -2.34. The number of rotatable bonds is 5. The van der Waals surface area contributed by atoms with Crippen molar-refractivity contribution in [1.82, 2.24) is 5.32 Å². The third kappa shape index (κ3) is 2.89. The van der Waals surface area contributed by atoms with Crippen molar-refractivity contribution in [2.45, 2.75) is 38.6 Å². The standard InChI is InChI=1S/C16H24ClNO2/c1-11(2)16(6-5-7-18-16)10-12-8-13(17)15(20-4)14(9-12)19-3/h8-9,11,18H,5-7,10H2,1-4H3. The van der Waals surface area contributed by atoms with E-state index in [4.69, 9.17) is 21.1 Å². The summed E-state index contributed by atoms with van der Waals surface area (Å²) in [6, 6.07) is 4.03. The van der Waals surface area contributed by atoms with Gasteiger partial charge in [0.05, 0.1) is 19.2 Å². The van der Waals surface area contributed by atoms with Crippen LogP contribution < -0.4 is 14.8 Å². The van der Waals surface area contributed by atoms with Gasteiger partial charge in [0, 0.05) is 5.54 Å². The van der Waals surface area contributed by atoms with Gasteiger partial charge >= 0.3 is 0 Å². The summed E-state index contributed by atoms with van der Waals surface area (Å²) in [7, 11) is 3.25. The molecule has 1 aromatic carbocycles. The average Bonchev–Trinajstić information content (AvgIpc) is 2.88. The number of benzene rings is 1. The Bertz CT molecular complexity index is 468. The van der Waals surface area contributed by atoms with Crippen molar-refractivity contribution in [3.05, 3.63) is 22.7 Å². The summed E-state index contributed by atoms with van der Waals surface area (Å²) in [5, 5.41) is 4.30. The number of ether oxygens (including phenoxy) is 2. The second-order valence-corrected chi connectivity index (χ2v) is 6.24. The fraction of sp³-hybridized carbons (Fsp3) is 0.625. The topological polar surface area (TPSA) is 30.5 Å². The van der Waals surface area contributed by atoms with Crippen LogP contribution in [0.4, 0.5) is 0 Å². The summed E-state index contributed by atoms with van der Waals surface area (Å²) in [4.78, 5) is 0. The first kappa shape index (κ1) is 15.5. The van der Waals surface area contributed by atoms with Gasteiger partial charge in [-0.3, -0.25) is 0 Å². The Hall–Kier alpha value is -0.930. The Labute approximate surface area is 126 Å². The minimum absolute atomic E-state index is 0.170. The van der Waals surface area contributed by atoms with Crippen LogP contribution in [0, 0.1) is 5.92 Å². The molecule has 1 saturated heterocycles. The molecule has 0 radical (unpaired) electrons. The summed E-state index contributed by atoms with van der Waals surface area (Å²) in [6.45, 7) is 5.65. The molecule has 112 valence electrons. The van der Waals surface area contributed by atoms with Gasteiger partial charge in [-0.05, 0) is 49.4 Å². The van der Waals surface area contributed by atoms with Crippen molar-refractivity contribution in [2.75, 3.05) is 20.8 Å². The molecule has 1 aliphatic rings. The molecule has 0 aliphatic carbocycles. The van der Waals surface area contributed by atoms with Crippen molar-refractivity contribution in [3.63, 3.8) is 0 Å². The first-order valence-electron chi connectivity index (χ1n) is 7.18. The van der Waals surface area contributed by atoms with E-state index in [1.165, 1.54) is 18.4 Å². The molecule has 1 unspecified atom stereocenters. The lowest BCUT2D eigenvalue weighted by Crippen LogP contribution is -2.46. The van der Waals surface area contributed by atoms with Gasteiger partial charge < -0.3 is 14.8 Å². The van der Waals surface area contributed by atoms with Gasteiger partial charge in [-0.2, -0.15) is 0 Å². The molecule has 1 heterocycles. The highest BCUT2D eigenvalue weighted by Crippen LogP contribution is 2.39. The minimum Gasteiger partial charge on any atom is -0.493 e. The number of methoxy groups -OCH3 is 2. The van der Waals surface area contributed by atoms with Gasteiger partial charge in [-0.1, -0.05) is 25.4 Å². The van der Waals surface area contributed by atoms with E-state index in [1.54, 1.807) is 14.2 Å². The van der Waals surface area contributed by atoms with Crippen LogP contribution in [0.15, 0.2) is 12.1 Å². The zero-order chi connectivity index (χ0) is 14.8. The second kappa shape index (κ2) is 6.23. The molecule has 0 saturated carbocycles. The van der Waals surface area contributed by atoms with E-state index < -0.39 is 0 Å². The van der Waals surface area contributed by atoms with Gasteiger partial charge in [0.25, 0.3) is 0 Å². The molecule has 1 atom stereocenters. The molecule has 1 aromatic rings. The largest absolute Gasteiger partial charge is 0.493 e. The zero-order valence-electron chi connectivity index (χ0n) is 12.8. The van der Waals surface area contributed by atoms with E-state index in [1.807, 2.05) is 12.1 Å². The van der Waals surface area contributed by atoms with Crippen LogP contribution in [0.2, 0.25) is 5.02 Å². The molecule has 0 amide bonds. The first-order valence-corrected chi connectivity index (χ1v) is 7.55. The molecular weight excluding hydrogens is 274 g/mol. The normalized spacial score (nSPS) is 22.3. The molecule has 2 rings (SSSR count). The van der Waals surface area contributed by atoms with Crippen molar-refractivity contribution in [2.24, 2.45) is 5.92 Å². The van der Waals surface area contributed by atoms with Crippen molar-refractivity contribution in [3.8, 4) is 11.5 Å². The van der Waals surface area contributed by atoms with E-state index in [0.717, 1.165) is 13.0 Å². The van der Waals surface area contributed by atoms with Gasteiger partial charge in [0.2, 0.25) is 0 Å². The molecule has 0 bridgehead atoms. The second-order valence-electron chi connectivity index (χ2n) is 5.83.